The first kappa shape index (κ1) is 15.9. The molecule has 1 aromatic carbocycles. The van der Waals surface area contributed by atoms with Crippen molar-refractivity contribution in [2.75, 3.05) is 17.8 Å². The summed E-state index contributed by atoms with van der Waals surface area (Å²) < 4.78 is 18.6. The molecule has 0 aliphatic rings. The van der Waals surface area contributed by atoms with E-state index in [0.29, 0.717) is 5.69 Å². The van der Waals surface area contributed by atoms with E-state index in [9.17, 15) is 9.18 Å². The summed E-state index contributed by atoms with van der Waals surface area (Å²) in [6.07, 6.45) is 0. The highest BCUT2D eigenvalue weighted by Gasteiger charge is 2.16. The topological polar surface area (TPSA) is 38.3 Å². The fraction of sp³-hybridized carbons (Fsp3) is 0.500. The molecular formula is C14H19ClFNO2. The van der Waals surface area contributed by atoms with Crippen molar-refractivity contribution in [3.05, 3.63) is 29.3 Å². The first-order valence-electron chi connectivity index (χ1n) is 6.04. The van der Waals surface area contributed by atoms with Gasteiger partial charge in [-0.25, -0.2) is 4.39 Å². The van der Waals surface area contributed by atoms with E-state index in [1.165, 1.54) is 13.8 Å². The minimum absolute atomic E-state index is 0.00374. The number of carbonyl (C=O) groups is 1. The van der Waals surface area contributed by atoms with E-state index in [1.807, 2.05) is 25.1 Å². The average Bonchev–Trinajstić information content (AvgIpc) is 2.30. The molecule has 1 amide bonds. The highest BCUT2D eigenvalue weighted by Crippen LogP contribution is 2.20. The van der Waals surface area contributed by atoms with Gasteiger partial charge in [-0.2, -0.15) is 0 Å². The molecule has 0 spiro atoms. The number of alkyl halides is 2. The predicted octanol–water partition coefficient (Wildman–Crippen LogP) is 3.44. The number of carbonyl (C=O) groups excluding carboxylic acids is 1. The molecule has 0 fully saturated rings. The Bertz CT molecular complexity index is 444. The highest BCUT2D eigenvalue weighted by atomic mass is 35.5. The highest BCUT2D eigenvalue weighted by molar-refractivity contribution is 6.29. The maximum Gasteiger partial charge on any atom is 0.239 e. The molecule has 1 rings (SSSR count). The molecule has 106 valence electrons. The second kappa shape index (κ2) is 6.87. The van der Waals surface area contributed by atoms with Crippen LogP contribution in [0.15, 0.2) is 18.2 Å². The van der Waals surface area contributed by atoms with Crippen LogP contribution in [-0.2, 0) is 16.1 Å². The maximum absolute atomic E-state index is 13.3. The summed E-state index contributed by atoms with van der Waals surface area (Å²) in [5, 5.41) is 2.70. The quantitative estimate of drug-likeness (QED) is 0.814. The Kier molecular flexibility index (Phi) is 5.76. The van der Waals surface area contributed by atoms with Crippen LogP contribution in [0.3, 0.4) is 0 Å². The fourth-order valence-electron chi connectivity index (χ4n) is 1.52. The van der Waals surface area contributed by atoms with Gasteiger partial charge in [-0.05, 0) is 32.4 Å². The standard InChI is InChI=1S/C14H19ClFNO2/c1-10-4-5-11(8-19-9-14(2,3)16)12(6-10)17-13(18)7-15/h4-6H,7-9H2,1-3H3,(H,17,18). The normalized spacial score (nSPS) is 11.4. The van der Waals surface area contributed by atoms with Gasteiger partial charge in [0.25, 0.3) is 0 Å². The lowest BCUT2D eigenvalue weighted by atomic mass is 10.1. The van der Waals surface area contributed by atoms with Crippen molar-refractivity contribution in [1.82, 2.24) is 0 Å². The number of ether oxygens (including phenoxy) is 1. The van der Waals surface area contributed by atoms with Crippen LogP contribution in [0.4, 0.5) is 10.1 Å². The van der Waals surface area contributed by atoms with Gasteiger partial charge in [0, 0.05) is 11.3 Å². The molecule has 5 heteroatoms. The number of hydrogen-bond acceptors (Lipinski definition) is 2. The molecule has 0 saturated carbocycles. The minimum atomic E-state index is -1.37. The van der Waals surface area contributed by atoms with Gasteiger partial charge < -0.3 is 10.1 Å². The number of nitrogens with one attached hydrogen (secondary N) is 1. The van der Waals surface area contributed by atoms with E-state index >= 15 is 0 Å². The summed E-state index contributed by atoms with van der Waals surface area (Å²) in [6, 6.07) is 5.60. The summed E-state index contributed by atoms with van der Waals surface area (Å²) in [6.45, 7) is 5.08. The third kappa shape index (κ3) is 6.03. The molecule has 0 radical (unpaired) electrons. The van der Waals surface area contributed by atoms with Crippen LogP contribution in [0, 0.1) is 6.92 Å². The number of rotatable bonds is 6. The molecule has 1 N–H and O–H groups in total. The Labute approximate surface area is 118 Å². The SMILES string of the molecule is Cc1ccc(COCC(C)(C)F)c(NC(=O)CCl)c1. The number of benzene rings is 1. The lowest BCUT2D eigenvalue weighted by molar-refractivity contribution is -0.113. The summed E-state index contributed by atoms with van der Waals surface area (Å²) in [5.74, 6) is -0.384. The van der Waals surface area contributed by atoms with Crippen molar-refractivity contribution in [2.45, 2.75) is 33.0 Å². The third-order valence-corrected chi connectivity index (χ3v) is 2.61. The molecule has 0 bridgehead atoms. The number of anilines is 1. The molecular weight excluding hydrogens is 269 g/mol. The van der Waals surface area contributed by atoms with Crippen molar-refractivity contribution < 1.29 is 13.9 Å². The molecule has 0 unspecified atom stereocenters. The number of aryl methyl sites for hydroxylation is 1. The van der Waals surface area contributed by atoms with E-state index < -0.39 is 5.67 Å². The van der Waals surface area contributed by atoms with Gasteiger partial charge in [-0.1, -0.05) is 12.1 Å². The molecule has 3 nitrogen and oxygen atoms in total. The second-order valence-electron chi connectivity index (χ2n) is 5.05. The average molecular weight is 288 g/mol. The van der Waals surface area contributed by atoms with Gasteiger partial charge in [0.2, 0.25) is 5.91 Å². The van der Waals surface area contributed by atoms with Crippen molar-refractivity contribution in [1.29, 1.82) is 0 Å². The molecule has 0 aliphatic carbocycles. The maximum atomic E-state index is 13.3. The summed E-state index contributed by atoms with van der Waals surface area (Å²) >= 11 is 5.47. The Morgan fingerprint density at radius 3 is 2.74 bits per heavy atom. The van der Waals surface area contributed by atoms with Crippen LogP contribution >= 0.6 is 11.6 Å². The number of hydrogen-bond donors (Lipinski definition) is 1. The van der Waals surface area contributed by atoms with Gasteiger partial charge in [0.1, 0.15) is 11.5 Å². The predicted molar refractivity (Wildman–Crippen MR) is 75.4 cm³/mol. The minimum Gasteiger partial charge on any atom is -0.373 e. The van der Waals surface area contributed by atoms with Crippen molar-refractivity contribution in [3.63, 3.8) is 0 Å². The van der Waals surface area contributed by atoms with Gasteiger partial charge in [-0.3, -0.25) is 4.79 Å². The molecule has 0 heterocycles. The summed E-state index contributed by atoms with van der Waals surface area (Å²) in [5.41, 5.74) is 1.10. The Morgan fingerprint density at radius 2 is 2.16 bits per heavy atom. The first-order valence-corrected chi connectivity index (χ1v) is 6.57. The lowest BCUT2D eigenvalue weighted by Crippen LogP contribution is -2.21. The lowest BCUT2D eigenvalue weighted by Gasteiger charge is -2.16. The molecule has 0 saturated heterocycles. The fourth-order valence-corrected chi connectivity index (χ4v) is 1.59. The zero-order valence-corrected chi connectivity index (χ0v) is 12.2. The molecule has 19 heavy (non-hydrogen) atoms. The molecule has 0 aromatic heterocycles. The largest absolute Gasteiger partial charge is 0.373 e. The number of halogens is 2. The van der Waals surface area contributed by atoms with Gasteiger partial charge in [-0.15, -0.1) is 11.6 Å². The van der Waals surface area contributed by atoms with Crippen LogP contribution in [-0.4, -0.2) is 24.1 Å². The van der Waals surface area contributed by atoms with Crippen LogP contribution < -0.4 is 5.32 Å². The Morgan fingerprint density at radius 1 is 1.47 bits per heavy atom. The first-order chi connectivity index (χ1) is 8.81. The zero-order chi connectivity index (χ0) is 14.5. The molecule has 0 aliphatic heterocycles. The summed E-state index contributed by atoms with van der Waals surface area (Å²) in [4.78, 5) is 11.3. The van der Waals surface area contributed by atoms with Gasteiger partial charge >= 0.3 is 0 Å². The van der Waals surface area contributed by atoms with E-state index in [2.05, 4.69) is 5.32 Å². The third-order valence-electron chi connectivity index (χ3n) is 2.36. The van der Waals surface area contributed by atoms with E-state index in [0.717, 1.165) is 11.1 Å². The van der Waals surface area contributed by atoms with Crippen LogP contribution in [0.25, 0.3) is 0 Å². The Balaban J connectivity index is 2.73. The zero-order valence-electron chi connectivity index (χ0n) is 11.4. The van der Waals surface area contributed by atoms with Crippen LogP contribution in [0.2, 0.25) is 0 Å². The smallest absolute Gasteiger partial charge is 0.239 e. The van der Waals surface area contributed by atoms with Crippen LogP contribution in [0.5, 0.6) is 0 Å². The van der Waals surface area contributed by atoms with E-state index in [1.54, 1.807) is 0 Å². The molecule has 1 aromatic rings. The van der Waals surface area contributed by atoms with E-state index in [-0.39, 0.29) is 25.0 Å². The van der Waals surface area contributed by atoms with Crippen molar-refractivity contribution in [3.8, 4) is 0 Å². The van der Waals surface area contributed by atoms with Gasteiger partial charge in [0.05, 0.1) is 13.2 Å². The second-order valence-corrected chi connectivity index (χ2v) is 5.32. The van der Waals surface area contributed by atoms with Crippen molar-refractivity contribution in [2.24, 2.45) is 0 Å². The van der Waals surface area contributed by atoms with Crippen molar-refractivity contribution >= 4 is 23.2 Å². The van der Waals surface area contributed by atoms with Gasteiger partial charge in [0.15, 0.2) is 0 Å². The summed E-state index contributed by atoms with van der Waals surface area (Å²) in [7, 11) is 0. The van der Waals surface area contributed by atoms with E-state index in [4.69, 9.17) is 16.3 Å². The monoisotopic (exact) mass is 287 g/mol. The Hall–Kier alpha value is -1.13. The molecule has 0 atom stereocenters. The number of amides is 1. The van der Waals surface area contributed by atoms with Crippen LogP contribution in [0.1, 0.15) is 25.0 Å².